The lowest BCUT2D eigenvalue weighted by Crippen LogP contribution is -2.32. The van der Waals surface area contributed by atoms with Crippen LogP contribution in [0.3, 0.4) is 0 Å². The van der Waals surface area contributed by atoms with Crippen LogP contribution in [0.1, 0.15) is 41.8 Å². The van der Waals surface area contributed by atoms with Gasteiger partial charge in [0.15, 0.2) is 5.65 Å². The van der Waals surface area contributed by atoms with Crippen molar-refractivity contribution in [2.24, 2.45) is 5.10 Å². The fourth-order valence-electron chi connectivity index (χ4n) is 3.24. The van der Waals surface area contributed by atoms with E-state index in [2.05, 4.69) is 15.4 Å². The molecule has 152 valence electrons. The van der Waals surface area contributed by atoms with Gasteiger partial charge in [0.1, 0.15) is 16.9 Å². The van der Waals surface area contributed by atoms with E-state index in [9.17, 15) is 4.79 Å². The number of nitrogens with two attached hydrogens (primary N) is 1. The summed E-state index contributed by atoms with van der Waals surface area (Å²) in [6, 6.07) is 15.4. The average Bonchev–Trinajstić information content (AvgIpc) is 3.01. The van der Waals surface area contributed by atoms with Crippen LogP contribution in [0.25, 0.3) is 22.2 Å². The summed E-state index contributed by atoms with van der Waals surface area (Å²) in [6.45, 7) is 5.97. The molecule has 0 unspecified atom stereocenters. The molecule has 7 heteroatoms. The minimum atomic E-state index is -0.277. The van der Waals surface area contributed by atoms with Gasteiger partial charge in [0.05, 0.1) is 17.2 Å². The molecule has 0 spiro atoms. The maximum Gasteiger partial charge on any atom is 0.257 e. The number of anilines is 1. The Morgan fingerprint density at radius 3 is 2.53 bits per heavy atom. The van der Waals surface area contributed by atoms with Gasteiger partial charge < -0.3 is 11.1 Å². The predicted molar refractivity (Wildman–Crippen MR) is 121 cm³/mol. The highest BCUT2D eigenvalue weighted by Crippen LogP contribution is 2.28. The van der Waals surface area contributed by atoms with Crippen molar-refractivity contribution in [2.45, 2.75) is 33.2 Å². The third kappa shape index (κ3) is 3.50. The number of para-hydroxylation sites is 2. The topological polar surface area (TPSA) is 98.2 Å². The third-order valence-electron chi connectivity index (χ3n) is 5.19. The lowest BCUT2D eigenvalue weighted by Gasteiger charge is -2.11. The molecule has 0 bridgehead atoms. The third-order valence-corrected chi connectivity index (χ3v) is 5.19. The Morgan fingerprint density at radius 2 is 1.83 bits per heavy atom. The summed E-state index contributed by atoms with van der Waals surface area (Å²) in [5.74, 6) is -0.0628. The zero-order chi connectivity index (χ0) is 21.3. The van der Waals surface area contributed by atoms with Crippen molar-refractivity contribution in [1.82, 2.24) is 20.0 Å². The zero-order valence-corrected chi connectivity index (χ0v) is 17.3. The number of hydrogen-bond donors (Lipinski definition) is 2. The molecule has 0 aliphatic carbocycles. The van der Waals surface area contributed by atoms with Crippen molar-refractivity contribution in [2.75, 3.05) is 5.73 Å². The molecule has 0 fully saturated rings. The molecule has 2 heterocycles. The molecule has 30 heavy (non-hydrogen) atoms. The second-order valence-electron chi connectivity index (χ2n) is 7.34. The largest absolute Gasteiger partial charge is 0.383 e. The van der Waals surface area contributed by atoms with E-state index in [1.165, 1.54) is 4.68 Å². The number of hydrogen-bond acceptors (Lipinski definition) is 5. The van der Waals surface area contributed by atoms with Gasteiger partial charge in [0, 0.05) is 6.04 Å². The Balaban J connectivity index is 1.92. The van der Waals surface area contributed by atoms with Crippen LogP contribution in [0.5, 0.6) is 0 Å². The molecule has 2 aromatic heterocycles. The minimum Gasteiger partial charge on any atom is -0.383 e. The van der Waals surface area contributed by atoms with Gasteiger partial charge in [0.25, 0.3) is 5.91 Å². The molecule has 0 saturated heterocycles. The van der Waals surface area contributed by atoms with E-state index in [0.29, 0.717) is 27.8 Å². The molecule has 3 N–H and O–H groups in total. The number of nitrogens with one attached hydrogen (secondary N) is 1. The molecule has 4 aromatic rings. The number of fused-ring (bicyclic) bond motifs is 2. The summed E-state index contributed by atoms with van der Waals surface area (Å²) in [5.41, 5.74) is 11.0. The minimum absolute atomic E-state index is 0.0131. The van der Waals surface area contributed by atoms with Crippen molar-refractivity contribution < 1.29 is 4.79 Å². The van der Waals surface area contributed by atoms with Gasteiger partial charge in [-0.05, 0) is 43.5 Å². The van der Waals surface area contributed by atoms with Gasteiger partial charge in [0.2, 0.25) is 0 Å². The summed E-state index contributed by atoms with van der Waals surface area (Å²) in [4.78, 5) is 22.4. The summed E-state index contributed by atoms with van der Waals surface area (Å²) in [7, 11) is 0. The Labute approximate surface area is 174 Å². The van der Waals surface area contributed by atoms with Crippen molar-refractivity contribution in [3.63, 3.8) is 0 Å². The van der Waals surface area contributed by atoms with Crippen molar-refractivity contribution in [3.05, 3.63) is 65.2 Å². The van der Waals surface area contributed by atoms with E-state index in [1.54, 1.807) is 6.21 Å². The number of aromatic nitrogens is 3. The monoisotopic (exact) mass is 400 g/mol. The number of aryl methyl sites for hydroxylation is 1. The SMILES string of the molecule is CC[C@H](C)NC(=O)c1c(N)n(/N=C\c2ccccc2C)c2nc3ccccc3nc12. The van der Waals surface area contributed by atoms with Gasteiger partial charge in [-0.1, -0.05) is 43.3 Å². The second kappa shape index (κ2) is 7.94. The predicted octanol–water partition coefficient (Wildman–Crippen LogP) is 3.89. The highest BCUT2D eigenvalue weighted by Gasteiger charge is 2.24. The average molecular weight is 400 g/mol. The smallest absolute Gasteiger partial charge is 0.257 e. The summed E-state index contributed by atoms with van der Waals surface area (Å²) in [6.07, 6.45) is 2.53. The van der Waals surface area contributed by atoms with E-state index in [1.807, 2.05) is 69.3 Å². The first kappa shape index (κ1) is 19.6. The summed E-state index contributed by atoms with van der Waals surface area (Å²) in [5, 5.41) is 7.53. The number of nitrogen functional groups attached to an aromatic ring is 1. The Morgan fingerprint density at radius 1 is 1.17 bits per heavy atom. The van der Waals surface area contributed by atoms with E-state index >= 15 is 0 Å². The molecular formula is C23H24N6O. The van der Waals surface area contributed by atoms with Crippen molar-refractivity contribution >= 4 is 40.1 Å². The van der Waals surface area contributed by atoms with Gasteiger partial charge >= 0.3 is 0 Å². The molecule has 0 radical (unpaired) electrons. The fraction of sp³-hybridized carbons (Fsp3) is 0.217. The van der Waals surface area contributed by atoms with E-state index in [0.717, 1.165) is 17.5 Å². The van der Waals surface area contributed by atoms with Crippen molar-refractivity contribution in [3.8, 4) is 0 Å². The molecule has 4 rings (SSSR count). The second-order valence-corrected chi connectivity index (χ2v) is 7.34. The number of amides is 1. The van der Waals surface area contributed by atoms with Gasteiger partial charge in [-0.2, -0.15) is 9.78 Å². The van der Waals surface area contributed by atoms with Gasteiger partial charge in [-0.3, -0.25) is 4.79 Å². The number of carbonyl (C=O) groups excluding carboxylic acids is 1. The maximum absolute atomic E-state index is 13.0. The first-order chi connectivity index (χ1) is 14.5. The number of rotatable bonds is 5. The van der Waals surface area contributed by atoms with Crippen LogP contribution in [0.2, 0.25) is 0 Å². The molecule has 2 aromatic carbocycles. The van der Waals surface area contributed by atoms with E-state index < -0.39 is 0 Å². The Kier molecular flexibility index (Phi) is 5.18. The lowest BCUT2D eigenvalue weighted by molar-refractivity contribution is 0.0941. The van der Waals surface area contributed by atoms with Crippen LogP contribution in [-0.4, -0.2) is 32.8 Å². The van der Waals surface area contributed by atoms with Gasteiger partial charge in [-0.15, -0.1) is 0 Å². The Hall–Kier alpha value is -3.74. The first-order valence-corrected chi connectivity index (χ1v) is 9.97. The number of carbonyl (C=O) groups is 1. The fourth-order valence-corrected chi connectivity index (χ4v) is 3.24. The molecule has 1 amide bonds. The van der Waals surface area contributed by atoms with Crippen LogP contribution >= 0.6 is 0 Å². The van der Waals surface area contributed by atoms with Crippen LogP contribution in [0, 0.1) is 6.92 Å². The normalized spacial score (nSPS) is 12.6. The molecular weight excluding hydrogens is 376 g/mol. The number of nitrogens with zero attached hydrogens (tertiary/aromatic N) is 4. The highest BCUT2D eigenvalue weighted by molar-refractivity contribution is 6.10. The van der Waals surface area contributed by atoms with Crippen LogP contribution in [-0.2, 0) is 0 Å². The van der Waals surface area contributed by atoms with Crippen molar-refractivity contribution in [1.29, 1.82) is 0 Å². The van der Waals surface area contributed by atoms with Crippen LogP contribution in [0.4, 0.5) is 5.82 Å². The van der Waals surface area contributed by atoms with Crippen LogP contribution in [0.15, 0.2) is 53.6 Å². The molecule has 7 nitrogen and oxygen atoms in total. The summed E-state index contributed by atoms with van der Waals surface area (Å²) >= 11 is 0. The standard InChI is InChI=1S/C23H24N6O/c1-4-15(3)26-23(30)19-20-22(28-18-12-8-7-11-17(18)27-20)29(21(19)24)25-13-16-10-6-5-9-14(16)2/h5-13,15H,4,24H2,1-3H3,(H,26,30)/b25-13-/t15-/m0/s1. The van der Waals surface area contributed by atoms with E-state index in [4.69, 9.17) is 10.7 Å². The maximum atomic E-state index is 13.0. The lowest BCUT2D eigenvalue weighted by atomic mass is 10.1. The zero-order valence-electron chi connectivity index (χ0n) is 17.3. The van der Waals surface area contributed by atoms with E-state index in [-0.39, 0.29) is 17.8 Å². The molecule has 0 aliphatic heterocycles. The van der Waals surface area contributed by atoms with Crippen LogP contribution < -0.4 is 11.1 Å². The highest BCUT2D eigenvalue weighted by atomic mass is 16.1. The number of benzene rings is 2. The molecule has 0 saturated carbocycles. The Bertz CT molecular complexity index is 1270. The molecule has 0 aliphatic rings. The summed E-state index contributed by atoms with van der Waals surface area (Å²) < 4.78 is 1.49. The first-order valence-electron chi connectivity index (χ1n) is 9.97. The van der Waals surface area contributed by atoms with Gasteiger partial charge in [-0.25, -0.2) is 9.97 Å². The molecule has 1 atom stereocenters. The quantitative estimate of drug-likeness (QED) is 0.497.